The number of thioether (sulfide) groups is 1. The van der Waals surface area contributed by atoms with Crippen molar-refractivity contribution in [2.24, 2.45) is 0 Å². The van der Waals surface area contributed by atoms with Crippen molar-refractivity contribution in [3.8, 4) is 0 Å². The van der Waals surface area contributed by atoms with Gasteiger partial charge in [0.05, 0.1) is 5.52 Å². The quantitative estimate of drug-likeness (QED) is 0.766. The van der Waals surface area contributed by atoms with Gasteiger partial charge in [0.15, 0.2) is 5.58 Å². The summed E-state index contributed by atoms with van der Waals surface area (Å²) < 4.78 is 4.98. The minimum absolute atomic E-state index is 0.362. The average molecular weight is 237 g/mol. The summed E-state index contributed by atoms with van der Waals surface area (Å²) in [5.41, 5.74) is 4.19. The van der Waals surface area contributed by atoms with Crippen LogP contribution < -0.4 is 5.76 Å². The van der Waals surface area contributed by atoms with E-state index >= 15 is 0 Å². The predicted molar refractivity (Wildman–Crippen MR) is 68.3 cm³/mol. The molecule has 0 spiro atoms. The molecule has 3 rings (SSSR count). The number of aryl methyl sites for hydroxylation is 2. The van der Waals surface area contributed by atoms with Gasteiger partial charge in [0.2, 0.25) is 0 Å². The number of H-pyrrole nitrogens is 1. The van der Waals surface area contributed by atoms with Crippen molar-refractivity contribution < 1.29 is 4.42 Å². The Labute approximate surface area is 98.2 Å². The predicted octanol–water partition coefficient (Wildman–Crippen LogP) is 2.59. The minimum atomic E-state index is -0.362. The van der Waals surface area contributed by atoms with Gasteiger partial charge in [-0.3, -0.25) is 4.98 Å². The molecule has 0 fully saturated rings. The fourth-order valence-corrected chi connectivity index (χ4v) is 2.02. The van der Waals surface area contributed by atoms with Crippen LogP contribution in [-0.2, 0) is 12.8 Å². The molecule has 4 heteroatoms. The number of benzene rings is 1. The molecule has 1 heterocycles. The van der Waals surface area contributed by atoms with Gasteiger partial charge in [-0.15, -0.1) is 0 Å². The van der Waals surface area contributed by atoms with E-state index in [9.17, 15) is 4.79 Å². The molecule has 0 unspecified atom stereocenters. The highest BCUT2D eigenvalue weighted by atomic mass is 32.2. The Kier molecular flexibility index (Phi) is 3.39. The molecule has 0 saturated heterocycles. The van der Waals surface area contributed by atoms with Crippen LogP contribution in [0, 0.1) is 0 Å². The SMILES string of the molecule is CSC.O=c1[nH]c2cc3c(cc2o1)CCC3. The largest absolute Gasteiger partial charge is 0.417 e. The number of rotatable bonds is 0. The van der Waals surface area contributed by atoms with Gasteiger partial charge in [0.1, 0.15) is 0 Å². The first-order valence-electron chi connectivity index (χ1n) is 5.29. The molecule has 3 nitrogen and oxygen atoms in total. The summed E-state index contributed by atoms with van der Waals surface area (Å²) in [6.45, 7) is 0. The zero-order valence-electron chi connectivity index (χ0n) is 9.50. The van der Waals surface area contributed by atoms with E-state index in [4.69, 9.17) is 4.42 Å². The van der Waals surface area contributed by atoms with Crippen LogP contribution in [0.5, 0.6) is 0 Å². The molecule has 0 aliphatic heterocycles. The van der Waals surface area contributed by atoms with E-state index in [1.807, 2.05) is 24.6 Å². The Morgan fingerprint density at radius 1 is 1.25 bits per heavy atom. The second-order valence-corrected chi connectivity index (χ2v) is 4.71. The van der Waals surface area contributed by atoms with E-state index in [1.54, 1.807) is 11.8 Å². The van der Waals surface area contributed by atoms with Gasteiger partial charge in [-0.25, -0.2) is 4.79 Å². The first-order valence-corrected chi connectivity index (χ1v) is 6.92. The van der Waals surface area contributed by atoms with Gasteiger partial charge in [0, 0.05) is 0 Å². The second kappa shape index (κ2) is 4.78. The maximum Gasteiger partial charge on any atom is 0.417 e. The molecule has 16 heavy (non-hydrogen) atoms. The van der Waals surface area contributed by atoms with E-state index in [-0.39, 0.29) is 5.76 Å². The van der Waals surface area contributed by atoms with Crippen molar-refractivity contribution in [3.63, 3.8) is 0 Å². The van der Waals surface area contributed by atoms with Gasteiger partial charge in [0.25, 0.3) is 0 Å². The summed E-state index contributed by atoms with van der Waals surface area (Å²) in [5.74, 6) is -0.362. The van der Waals surface area contributed by atoms with E-state index in [0.29, 0.717) is 5.58 Å². The molecule has 1 aliphatic rings. The summed E-state index contributed by atoms with van der Waals surface area (Å²) in [5, 5.41) is 0. The van der Waals surface area contributed by atoms with Crippen LogP contribution in [0.4, 0.5) is 0 Å². The lowest BCUT2D eigenvalue weighted by Gasteiger charge is -1.96. The second-order valence-electron chi connectivity index (χ2n) is 3.89. The molecule has 2 aromatic rings. The number of hydrogen-bond acceptors (Lipinski definition) is 3. The van der Waals surface area contributed by atoms with Crippen LogP contribution in [0.1, 0.15) is 17.5 Å². The Morgan fingerprint density at radius 3 is 2.56 bits per heavy atom. The fourth-order valence-electron chi connectivity index (χ4n) is 2.02. The van der Waals surface area contributed by atoms with Crippen molar-refractivity contribution in [2.75, 3.05) is 12.5 Å². The lowest BCUT2D eigenvalue weighted by molar-refractivity contribution is 0.555. The molecule has 0 atom stereocenters. The maximum absolute atomic E-state index is 10.9. The van der Waals surface area contributed by atoms with Crippen LogP contribution in [0.2, 0.25) is 0 Å². The van der Waals surface area contributed by atoms with E-state index in [2.05, 4.69) is 4.98 Å². The number of hydrogen-bond donors (Lipinski definition) is 1. The van der Waals surface area contributed by atoms with Crippen LogP contribution in [0.25, 0.3) is 11.1 Å². The smallest absolute Gasteiger partial charge is 0.408 e. The molecule has 0 saturated carbocycles. The first-order chi connectivity index (χ1) is 7.74. The highest BCUT2D eigenvalue weighted by molar-refractivity contribution is 7.97. The summed E-state index contributed by atoms with van der Waals surface area (Å²) in [4.78, 5) is 13.6. The highest BCUT2D eigenvalue weighted by Gasteiger charge is 2.13. The third-order valence-electron chi connectivity index (χ3n) is 2.63. The molecule has 0 radical (unpaired) electrons. The maximum atomic E-state index is 10.9. The van der Waals surface area contributed by atoms with Crippen LogP contribution in [-0.4, -0.2) is 17.5 Å². The number of aromatic amines is 1. The summed E-state index contributed by atoms with van der Waals surface area (Å²) in [6.07, 6.45) is 7.53. The third-order valence-corrected chi connectivity index (χ3v) is 2.63. The van der Waals surface area contributed by atoms with Crippen molar-refractivity contribution in [2.45, 2.75) is 19.3 Å². The highest BCUT2D eigenvalue weighted by Crippen LogP contribution is 2.25. The standard InChI is InChI=1S/C10H9NO2.C2H6S/c12-10-11-8-4-6-2-1-3-7(6)5-9(8)13-10;1-3-2/h4-5H,1-3H2,(H,11,12);1-2H3. The summed E-state index contributed by atoms with van der Waals surface area (Å²) in [7, 11) is 0. The molecule has 0 bridgehead atoms. The van der Waals surface area contributed by atoms with E-state index in [0.717, 1.165) is 18.4 Å². The Balaban J connectivity index is 0.000000292. The molecule has 1 N–H and O–H groups in total. The molecular weight excluding hydrogens is 222 g/mol. The number of nitrogens with one attached hydrogen (secondary N) is 1. The minimum Gasteiger partial charge on any atom is -0.408 e. The van der Waals surface area contributed by atoms with Gasteiger partial charge >= 0.3 is 5.76 Å². The van der Waals surface area contributed by atoms with Crippen LogP contribution in [0.3, 0.4) is 0 Å². The van der Waals surface area contributed by atoms with Crippen molar-refractivity contribution in [1.29, 1.82) is 0 Å². The van der Waals surface area contributed by atoms with E-state index < -0.39 is 0 Å². The molecule has 86 valence electrons. The number of oxazole rings is 1. The lowest BCUT2D eigenvalue weighted by Crippen LogP contribution is -1.92. The Hall–Kier alpha value is -1.16. The fraction of sp³-hybridized carbons (Fsp3) is 0.417. The van der Waals surface area contributed by atoms with Gasteiger partial charge in [-0.05, 0) is 55.0 Å². The molecule has 1 aromatic heterocycles. The summed E-state index contributed by atoms with van der Waals surface area (Å²) in [6, 6.07) is 4.01. The normalized spacial score (nSPS) is 13.4. The van der Waals surface area contributed by atoms with Gasteiger partial charge in [-0.2, -0.15) is 11.8 Å². The van der Waals surface area contributed by atoms with Gasteiger partial charge < -0.3 is 4.42 Å². The number of fused-ring (bicyclic) bond motifs is 2. The molecular formula is C12H15NO2S. The molecule has 0 amide bonds. The lowest BCUT2D eigenvalue weighted by atomic mass is 10.1. The third kappa shape index (κ3) is 2.16. The van der Waals surface area contributed by atoms with E-state index in [1.165, 1.54) is 17.5 Å². The Bertz CT molecular complexity index is 497. The first kappa shape index (κ1) is 11.3. The monoisotopic (exact) mass is 237 g/mol. The van der Waals surface area contributed by atoms with Crippen LogP contribution in [0.15, 0.2) is 21.3 Å². The van der Waals surface area contributed by atoms with Crippen molar-refractivity contribution in [1.82, 2.24) is 4.98 Å². The number of aromatic nitrogens is 1. The molecule has 1 aliphatic carbocycles. The van der Waals surface area contributed by atoms with Crippen LogP contribution >= 0.6 is 11.8 Å². The average Bonchev–Trinajstić information content (AvgIpc) is 2.78. The van der Waals surface area contributed by atoms with Crippen molar-refractivity contribution >= 4 is 22.9 Å². The van der Waals surface area contributed by atoms with Gasteiger partial charge in [-0.1, -0.05) is 0 Å². The van der Waals surface area contributed by atoms with Crippen molar-refractivity contribution in [3.05, 3.63) is 33.8 Å². The summed E-state index contributed by atoms with van der Waals surface area (Å²) >= 11 is 1.75. The molecule has 1 aromatic carbocycles. The Morgan fingerprint density at radius 2 is 1.88 bits per heavy atom. The zero-order valence-corrected chi connectivity index (χ0v) is 10.3. The topological polar surface area (TPSA) is 46.0 Å². The zero-order chi connectivity index (χ0) is 11.5.